The van der Waals surface area contributed by atoms with Crippen molar-refractivity contribution in [2.75, 3.05) is 22.9 Å². The van der Waals surface area contributed by atoms with E-state index in [9.17, 15) is 0 Å². The first-order valence-corrected chi connectivity index (χ1v) is 8.04. The van der Waals surface area contributed by atoms with Crippen LogP contribution in [-0.2, 0) is 12.7 Å². The summed E-state index contributed by atoms with van der Waals surface area (Å²) in [7, 11) is 9.40. The molecule has 0 aliphatic carbocycles. The Morgan fingerprint density at radius 2 is 1.24 bits per heavy atom. The SMILES string of the molecule is Nc1ccc(-c2ccc(N)c(N)c2N)cc1.OO.[Cl][Ni][Cl]. The minimum atomic E-state index is 0.425. The Kier molecular flexibility index (Phi) is 9.70. The van der Waals surface area contributed by atoms with Crippen LogP contribution in [0.5, 0.6) is 0 Å². The van der Waals surface area contributed by atoms with E-state index < -0.39 is 0 Å². The van der Waals surface area contributed by atoms with Gasteiger partial charge in [0.2, 0.25) is 0 Å². The number of hydrogen-bond donors (Lipinski definition) is 6. The van der Waals surface area contributed by atoms with Gasteiger partial charge in [-0.2, -0.15) is 0 Å². The molecule has 0 unspecified atom stereocenters. The van der Waals surface area contributed by atoms with E-state index in [4.69, 9.17) is 53.8 Å². The van der Waals surface area contributed by atoms with Crippen LogP contribution in [0.4, 0.5) is 22.7 Å². The van der Waals surface area contributed by atoms with Gasteiger partial charge in [0.1, 0.15) is 0 Å². The van der Waals surface area contributed by atoms with Crippen molar-refractivity contribution in [1.82, 2.24) is 0 Å². The van der Waals surface area contributed by atoms with Crippen molar-refractivity contribution in [3.05, 3.63) is 36.4 Å². The second-order valence-electron chi connectivity index (χ2n) is 3.70. The summed E-state index contributed by atoms with van der Waals surface area (Å²) < 4.78 is 0. The van der Waals surface area contributed by atoms with E-state index in [2.05, 4.69) is 0 Å². The maximum atomic E-state index is 6.00. The van der Waals surface area contributed by atoms with Crippen molar-refractivity contribution in [2.45, 2.75) is 0 Å². The van der Waals surface area contributed by atoms with Crippen LogP contribution in [0, 0.1) is 0 Å². The molecule has 6 nitrogen and oxygen atoms in total. The van der Waals surface area contributed by atoms with E-state index in [0.717, 1.165) is 11.1 Å². The van der Waals surface area contributed by atoms with Crippen molar-refractivity contribution in [3.63, 3.8) is 0 Å². The summed E-state index contributed by atoms with van der Waals surface area (Å²) in [6.07, 6.45) is 0. The quantitative estimate of drug-likeness (QED) is 0.195. The number of rotatable bonds is 1. The Balaban J connectivity index is 0.000000713. The fourth-order valence-corrected chi connectivity index (χ4v) is 1.57. The molecule has 0 atom stereocenters. The molecule has 0 aliphatic rings. The molecule has 0 amide bonds. The normalized spacial score (nSPS) is 9.14. The van der Waals surface area contributed by atoms with Crippen molar-refractivity contribution < 1.29 is 23.2 Å². The molecule has 10 N–H and O–H groups in total. The summed E-state index contributed by atoms with van der Waals surface area (Å²) in [5.41, 5.74) is 27.0. The van der Waals surface area contributed by atoms with Crippen molar-refractivity contribution >= 4 is 43.1 Å². The molecule has 9 heteroatoms. The van der Waals surface area contributed by atoms with E-state index in [1.54, 1.807) is 6.07 Å². The zero-order valence-corrected chi connectivity index (χ0v) is 13.2. The summed E-state index contributed by atoms with van der Waals surface area (Å²) in [4.78, 5) is 0. The predicted molar refractivity (Wildman–Crippen MR) is 86.5 cm³/mol. The molecular formula is C12H16Cl2N4NiO2. The topological polar surface area (TPSA) is 145 Å². The van der Waals surface area contributed by atoms with Crippen LogP contribution in [0.25, 0.3) is 11.1 Å². The van der Waals surface area contributed by atoms with Crippen LogP contribution in [0.2, 0.25) is 0 Å². The van der Waals surface area contributed by atoms with Crippen molar-refractivity contribution in [1.29, 1.82) is 0 Å². The Labute approximate surface area is 136 Å². The molecule has 0 saturated heterocycles. The first kappa shape index (κ1) is 19.6. The molecule has 0 spiro atoms. The Bertz CT molecular complexity index is 556. The summed E-state index contributed by atoms with van der Waals surface area (Å²) in [6.45, 7) is 0. The van der Waals surface area contributed by atoms with Gasteiger partial charge in [0.05, 0.1) is 17.1 Å². The van der Waals surface area contributed by atoms with Gasteiger partial charge in [-0.25, -0.2) is 0 Å². The molecule has 0 aliphatic heterocycles. The monoisotopic (exact) mass is 376 g/mol. The maximum absolute atomic E-state index is 6.00. The number of benzene rings is 2. The zero-order chi connectivity index (χ0) is 16.4. The van der Waals surface area contributed by atoms with E-state index in [1.807, 2.05) is 30.3 Å². The standard InChI is InChI=1S/C12H14N4.2ClH.Ni.H2O2/c13-8-3-1-7(2-4-8)9-5-6-10(14)12(16)11(9)15;;;;1-2/h1-6H,13-16H2;2*1H;;1-2H/q;;;+2;/p-2. The number of nitrogens with two attached hydrogens (primary N) is 4. The van der Waals surface area contributed by atoms with Crippen molar-refractivity contribution in [2.24, 2.45) is 0 Å². The molecular weight excluding hydrogens is 362 g/mol. The van der Waals surface area contributed by atoms with Gasteiger partial charge in [-0.1, -0.05) is 18.2 Å². The summed E-state index contributed by atoms with van der Waals surface area (Å²) >= 11 is 0.569. The zero-order valence-electron chi connectivity index (χ0n) is 10.7. The molecule has 120 valence electrons. The minimum absolute atomic E-state index is 0.425. The van der Waals surface area contributed by atoms with E-state index in [-0.39, 0.29) is 0 Å². The van der Waals surface area contributed by atoms with Crippen LogP contribution in [0.1, 0.15) is 0 Å². The first-order chi connectivity index (χ1) is 10.0. The Hall–Kier alpha value is -1.37. The van der Waals surface area contributed by atoms with Gasteiger partial charge in [0.15, 0.2) is 0 Å². The van der Waals surface area contributed by atoms with Gasteiger partial charge in [-0.05, 0) is 23.8 Å². The number of hydrogen-bond acceptors (Lipinski definition) is 6. The van der Waals surface area contributed by atoms with Gasteiger partial charge in [-0.15, -0.1) is 0 Å². The fraction of sp³-hybridized carbons (Fsp3) is 0. The first-order valence-electron chi connectivity index (χ1n) is 5.33. The van der Waals surface area contributed by atoms with Crippen LogP contribution in [-0.4, -0.2) is 10.5 Å². The van der Waals surface area contributed by atoms with Crippen LogP contribution in [0.15, 0.2) is 36.4 Å². The van der Waals surface area contributed by atoms with Crippen LogP contribution in [0.3, 0.4) is 0 Å². The summed E-state index contributed by atoms with van der Waals surface area (Å²) in [5, 5.41) is 12.0. The molecule has 0 radical (unpaired) electrons. The van der Waals surface area contributed by atoms with E-state index >= 15 is 0 Å². The molecule has 2 aromatic rings. The number of halogens is 2. The predicted octanol–water partition coefficient (Wildman–Crippen LogP) is 3.08. The van der Waals surface area contributed by atoms with Gasteiger partial charge in [0, 0.05) is 11.3 Å². The average molecular weight is 378 g/mol. The molecule has 0 fully saturated rings. The number of nitrogen functional groups attached to an aromatic ring is 4. The molecule has 2 rings (SSSR count). The third kappa shape index (κ3) is 5.87. The van der Waals surface area contributed by atoms with Crippen molar-refractivity contribution in [3.8, 4) is 11.1 Å². The second kappa shape index (κ2) is 10.4. The van der Waals surface area contributed by atoms with Gasteiger partial charge in [0.25, 0.3) is 0 Å². The van der Waals surface area contributed by atoms with Crippen LogP contribution < -0.4 is 22.9 Å². The average Bonchev–Trinajstić information content (AvgIpc) is 2.49. The van der Waals surface area contributed by atoms with Gasteiger partial charge >= 0.3 is 33.0 Å². The fourth-order valence-electron chi connectivity index (χ4n) is 1.57. The Morgan fingerprint density at radius 1 is 0.762 bits per heavy atom. The van der Waals surface area contributed by atoms with Gasteiger partial charge < -0.3 is 22.9 Å². The van der Waals surface area contributed by atoms with E-state index in [1.165, 1.54) is 0 Å². The van der Waals surface area contributed by atoms with E-state index in [0.29, 0.717) is 35.4 Å². The Morgan fingerprint density at radius 3 is 1.71 bits per heavy atom. The second-order valence-corrected chi connectivity index (χ2v) is 5.33. The number of anilines is 4. The molecule has 0 bridgehead atoms. The molecule has 21 heavy (non-hydrogen) atoms. The molecule has 0 saturated carbocycles. The van der Waals surface area contributed by atoms with Crippen LogP contribution >= 0.6 is 20.4 Å². The molecule has 0 heterocycles. The third-order valence-corrected chi connectivity index (χ3v) is 2.54. The van der Waals surface area contributed by atoms with Gasteiger partial charge in [-0.3, -0.25) is 10.5 Å². The molecule has 2 aromatic carbocycles. The molecule has 0 aromatic heterocycles. The summed E-state index contributed by atoms with van der Waals surface area (Å²) in [5.74, 6) is 0. The third-order valence-electron chi connectivity index (χ3n) is 2.54. The summed E-state index contributed by atoms with van der Waals surface area (Å²) in [6, 6.07) is 11.0.